The number of halogens is 1. The molecule has 0 aliphatic carbocycles. The molecule has 1 aromatic heterocycles. The molecule has 1 aromatic rings. The number of carbonyl (C=O) groups excluding carboxylic acids is 1. The Bertz CT molecular complexity index is 521. The summed E-state index contributed by atoms with van der Waals surface area (Å²) in [5, 5.41) is 9.59. The van der Waals surface area contributed by atoms with E-state index in [4.69, 9.17) is 16.7 Å². The maximum atomic E-state index is 12.3. The smallest absolute Gasteiger partial charge is 0.308 e. The summed E-state index contributed by atoms with van der Waals surface area (Å²) < 4.78 is 0. The summed E-state index contributed by atoms with van der Waals surface area (Å²) in [6, 6.07) is 3.46. The standard InChI is InChI=1S/C14H18ClN3O3/c1-17(12-5-4-11(15)7-16-12)9-13(19)18-6-2-3-10(8-18)14(20)21/h4-5,7,10H,2-3,6,8-9H2,1H3,(H,20,21)/t10-/m1/s1. The molecule has 1 aliphatic heterocycles. The number of piperidine rings is 1. The van der Waals surface area contributed by atoms with E-state index in [1.807, 2.05) is 0 Å². The van der Waals surface area contributed by atoms with Gasteiger partial charge >= 0.3 is 5.97 Å². The number of hydrogen-bond acceptors (Lipinski definition) is 4. The fourth-order valence-electron chi connectivity index (χ4n) is 2.38. The Morgan fingerprint density at radius 1 is 1.52 bits per heavy atom. The van der Waals surface area contributed by atoms with E-state index < -0.39 is 11.9 Å². The number of likely N-dealkylation sites (N-methyl/N-ethyl adjacent to an activating group) is 1. The summed E-state index contributed by atoms with van der Waals surface area (Å²) in [4.78, 5) is 30.8. The van der Waals surface area contributed by atoms with Gasteiger partial charge in [0.15, 0.2) is 0 Å². The average molecular weight is 312 g/mol. The molecule has 2 rings (SSSR count). The van der Waals surface area contributed by atoms with Gasteiger partial charge in [0, 0.05) is 26.3 Å². The maximum absolute atomic E-state index is 12.3. The predicted molar refractivity (Wildman–Crippen MR) is 79.5 cm³/mol. The number of hydrogen-bond donors (Lipinski definition) is 1. The van der Waals surface area contributed by atoms with Crippen molar-refractivity contribution in [3.05, 3.63) is 23.4 Å². The lowest BCUT2D eigenvalue weighted by atomic mass is 9.98. The lowest BCUT2D eigenvalue weighted by Crippen LogP contribution is -2.46. The molecule has 0 bridgehead atoms. The highest BCUT2D eigenvalue weighted by molar-refractivity contribution is 6.30. The molecular weight excluding hydrogens is 294 g/mol. The molecule has 0 unspecified atom stereocenters. The molecule has 114 valence electrons. The quantitative estimate of drug-likeness (QED) is 0.912. The lowest BCUT2D eigenvalue weighted by Gasteiger charge is -2.32. The minimum absolute atomic E-state index is 0.0831. The molecule has 0 spiro atoms. The number of anilines is 1. The second-order valence-electron chi connectivity index (χ2n) is 5.21. The minimum Gasteiger partial charge on any atom is -0.481 e. The van der Waals surface area contributed by atoms with Crippen LogP contribution in [0.15, 0.2) is 18.3 Å². The summed E-state index contributed by atoms with van der Waals surface area (Å²) in [7, 11) is 1.77. The van der Waals surface area contributed by atoms with Crippen molar-refractivity contribution in [3.8, 4) is 0 Å². The van der Waals surface area contributed by atoms with Gasteiger partial charge in [-0.15, -0.1) is 0 Å². The highest BCUT2D eigenvalue weighted by atomic mass is 35.5. The van der Waals surface area contributed by atoms with Gasteiger partial charge in [-0.25, -0.2) is 4.98 Å². The number of amides is 1. The summed E-state index contributed by atoms with van der Waals surface area (Å²) in [5.41, 5.74) is 0. The number of carboxylic acids is 1. The number of carbonyl (C=O) groups is 2. The number of likely N-dealkylation sites (tertiary alicyclic amines) is 1. The largest absolute Gasteiger partial charge is 0.481 e. The van der Waals surface area contributed by atoms with Crippen LogP contribution in [0, 0.1) is 5.92 Å². The Morgan fingerprint density at radius 2 is 2.29 bits per heavy atom. The Morgan fingerprint density at radius 3 is 2.90 bits per heavy atom. The van der Waals surface area contributed by atoms with Gasteiger partial charge in [-0.3, -0.25) is 9.59 Å². The zero-order valence-electron chi connectivity index (χ0n) is 11.8. The summed E-state index contributed by atoms with van der Waals surface area (Å²) in [6.07, 6.45) is 2.89. The number of nitrogens with zero attached hydrogens (tertiary/aromatic N) is 3. The van der Waals surface area contributed by atoms with Gasteiger partial charge in [0.2, 0.25) is 5.91 Å². The van der Waals surface area contributed by atoms with Crippen molar-refractivity contribution in [1.82, 2.24) is 9.88 Å². The van der Waals surface area contributed by atoms with Crippen LogP contribution in [0.4, 0.5) is 5.82 Å². The van der Waals surface area contributed by atoms with E-state index in [2.05, 4.69) is 4.98 Å². The van der Waals surface area contributed by atoms with E-state index in [0.717, 1.165) is 6.42 Å². The second kappa shape index (κ2) is 6.76. The third kappa shape index (κ3) is 4.07. The van der Waals surface area contributed by atoms with Crippen molar-refractivity contribution in [2.45, 2.75) is 12.8 Å². The molecule has 1 fully saturated rings. The number of aromatic nitrogens is 1. The normalized spacial score (nSPS) is 18.4. The molecule has 6 nitrogen and oxygen atoms in total. The first-order valence-corrected chi connectivity index (χ1v) is 7.18. The SMILES string of the molecule is CN(CC(=O)N1CCC[C@@H](C(=O)O)C1)c1ccc(Cl)cn1. The van der Waals surface area contributed by atoms with Crippen molar-refractivity contribution in [1.29, 1.82) is 0 Å². The number of rotatable bonds is 4. The van der Waals surface area contributed by atoms with Crippen molar-refractivity contribution < 1.29 is 14.7 Å². The Balaban J connectivity index is 1.94. The molecule has 1 N–H and O–H groups in total. The van der Waals surface area contributed by atoms with Gasteiger partial charge in [-0.2, -0.15) is 0 Å². The highest BCUT2D eigenvalue weighted by Crippen LogP contribution is 2.18. The number of aliphatic carboxylic acids is 1. The third-order valence-corrected chi connectivity index (χ3v) is 3.82. The van der Waals surface area contributed by atoms with Gasteiger partial charge in [0.1, 0.15) is 5.82 Å². The fraction of sp³-hybridized carbons (Fsp3) is 0.500. The Kier molecular flexibility index (Phi) is 5.01. The van der Waals surface area contributed by atoms with Gasteiger partial charge in [0.25, 0.3) is 0 Å². The first kappa shape index (κ1) is 15.6. The van der Waals surface area contributed by atoms with Crippen molar-refractivity contribution >= 4 is 29.3 Å². The molecular formula is C14H18ClN3O3. The molecule has 21 heavy (non-hydrogen) atoms. The maximum Gasteiger partial charge on any atom is 0.308 e. The fourth-order valence-corrected chi connectivity index (χ4v) is 2.49. The molecule has 1 aliphatic rings. The molecule has 7 heteroatoms. The summed E-state index contributed by atoms with van der Waals surface area (Å²) >= 11 is 5.78. The molecule has 1 saturated heterocycles. The van der Waals surface area contributed by atoms with Crippen molar-refractivity contribution in [2.24, 2.45) is 5.92 Å². The van der Waals surface area contributed by atoms with E-state index in [1.54, 1.807) is 29.0 Å². The van der Waals surface area contributed by atoms with E-state index in [0.29, 0.717) is 23.8 Å². The van der Waals surface area contributed by atoms with E-state index in [-0.39, 0.29) is 19.0 Å². The Hall–Kier alpha value is -1.82. The van der Waals surface area contributed by atoms with Crippen LogP contribution in [-0.2, 0) is 9.59 Å². The van der Waals surface area contributed by atoms with Crippen LogP contribution in [0.1, 0.15) is 12.8 Å². The second-order valence-corrected chi connectivity index (χ2v) is 5.64. The molecule has 1 atom stereocenters. The van der Waals surface area contributed by atoms with Gasteiger partial charge < -0.3 is 14.9 Å². The van der Waals surface area contributed by atoms with Crippen LogP contribution in [0.3, 0.4) is 0 Å². The van der Waals surface area contributed by atoms with Crippen LogP contribution < -0.4 is 4.90 Å². The van der Waals surface area contributed by atoms with E-state index >= 15 is 0 Å². The van der Waals surface area contributed by atoms with Gasteiger partial charge in [0.05, 0.1) is 17.5 Å². The predicted octanol–water partition coefficient (Wildman–Crippen LogP) is 1.49. The van der Waals surface area contributed by atoms with Gasteiger partial charge in [-0.05, 0) is 25.0 Å². The molecule has 0 aromatic carbocycles. The summed E-state index contributed by atoms with van der Waals surface area (Å²) in [6.45, 7) is 1.07. The monoisotopic (exact) mass is 311 g/mol. The van der Waals surface area contributed by atoms with Crippen LogP contribution in [0.5, 0.6) is 0 Å². The highest BCUT2D eigenvalue weighted by Gasteiger charge is 2.28. The topological polar surface area (TPSA) is 73.7 Å². The van der Waals surface area contributed by atoms with Crippen LogP contribution >= 0.6 is 11.6 Å². The molecule has 2 heterocycles. The lowest BCUT2D eigenvalue weighted by molar-refractivity contribution is -0.145. The van der Waals surface area contributed by atoms with Crippen molar-refractivity contribution in [2.75, 3.05) is 31.6 Å². The Labute approximate surface area is 128 Å². The number of carboxylic acid groups (broad SMARTS) is 1. The first-order chi connectivity index (χ1) is 9.97. The number of pyridine rings is 1. The van der Waals surface area contributed by atoms with Gasteiger partial charge in [-0.1, -0.05) is 11.6 Å². The van der Waals surface area contributed by atoms with E-state index in [1.165, 1.54) is 6.20 Å². The summed E-state index contributed by atoms with van der Waals surface area (Å²) in [5.74, 6) is -0.721. The zero-order valence-corrected chi connectivity index (χ0v) is 12.6. The third-order valence-electron chi connectivity index (χ3n) is 3.60. The molecule has 1 amide bonds. The van der Waals surface area contributed by atoms with Crippen LogP contribution in [0.25, 0.3) is 0 Å². The molecule has 0 radical (unpaired) electrons. The minimum atomic E-state index is -0.833. The zero-order chi connectivity index (χ0) is 15.4. The van der Waals surface area contributed by atoms with Crippen LogP contribution in [0.2, 0.25) is 5.02 Å². The van der Waals surface area contributed by atoms with E-state index in [9.17, 15) is 9.59 Å². The first-order valence-electron chi connectivity index (χ1n) is 6.80. The van der Waals surface area contributed by atoms with Crippen molar-refractivity contribution in [3.63, 3.8) is 0 Å². The average Bonchev–Trinajstić information content (AvgIpc) is 2.48. The van der Waals surface area contributed by atoms with Crippen LogP contribution in [-0.4, -0.2) is 53.5 Å². The molecule has 0 saturated carbocycles.